The highest BCUT2D eigenvalue weighted by Crippen LogP contribution is 2.23. The molecule has 2 N–H and O–H groups in total. The number of hydrogen-bond donors (Lipinski definition) is 2. The summed E-state index contributed by atoms with van der Waals surface area (Å²) < 4.78 is 0. The molecule has 7 heteroatoms. The van der Waals surface area contributed by atoms with Crippen LogP contribution in [0.3, 0.4) is 0 Å². The van der Waals surface area contributed by atoms with Gasteiger partial charge in [-0.3, -0.25) is 4.79 Å². The molecule has 146 valence electrons. The second kappa shape index (κ2) is 9.18. The molecule has 0 radical (unpaired) electrons. The third-order valence-corrected chi connectivity index (χ3v) is 4.67. The summed E-state index contributed by atoms with van der Waals surface area (Å²) in [5, 5.41) is 15.3. The van der Waals surface area contributed by atoms with E-state index in [1.807, 2.05) is 18.2 Å². The number of nitrogens with zero attached hydrogens (tertiary/aromatic N) is 4. The van der Waals surface area contributed by atoms with Gasteiger partial charge in [-0.25, -0.2) is 4.98 Å². The van der Waals surface area contributed by atoms with E-state index in [1.54, 1.807) is 19.1 Å². The van der Waals surface area contributed by atoms with Crippen LogP contribution in [0.4, 0.5) is 17.5 Å². The molecule has 0 bridgehead atoms. The van der Waals surface area contributed by atoms with Gasteiger partial charge in [-0.1, -0.05) is 19.4 Å². The van der Waals surface area contributed by atoms with Crippen LogP contribution in [0.1, 0.15) is 44.4 Å². The molecule has 2 heterocycles. The van der Waals surface area contributed by atoms with Gasteiger partial charge in [0, 0.05) is 43.5 Å². The van der Waals surface area contributed by atoms with Crippen LogP contribution in [0.25, 0.3) is 0 Å². The average Bonchev–Trinajstić information content (AvgIpc) is 2.68. The zero-order valence-electron chi connectivity index (χ0n) is 16.4. The van der Waals surface area contributed by atoms with Gasteiger partial charge in [-0.05, 0) is 37.5 Å². The van der Waals surface area contributed by atoms with Gasteiger partial charge in [0.05, 0.1) is 11.6 Å². The second-order valence-corrected chi connectivity index (χ2v) is 7.09. The predicted molar refractivity (Wildman–Crippen MR) is 110 cm³/mol. The normalized spacial score (nSPS) is 16.3. The molecular weight excluding hydrogens is 352 g/mol. The third kappa shape index (κ3) is 5.19. The summed E-state index contributed by atoms with van der Waals surface area (Å²) in [5.74, 6) is 1.39. The fraction of sp³-hybridized carbons (Fsp3) is 0.429. The molecule has 1 aliphatic heterocycles. The first-order valence-electron chi connectivity index (χ1n) is 9.74. The van der Waals surface area contributed by atoms with Crippen LogP contribution in [0, 0.1) is 11.3 Å². The zero-order valence-corrected chi connectivity index (χ0v) is 16.4. The number of nitrogens with one attached hydrogen (secondary N) is 2. The van der Waals surface area contributed by atoms with Crippen LogP contribution in [0.2, 0.25) is 0 Å². The monoisotopic (exact) mass is 378 g/mol. The van der Waals surface area contributed by atoms with Crippen molar-refractivity contribution in [1.82, 2.24) is 15.3 Å². The topological polar surface area (TPSA) is 93.9 Å². The Balaban J connectivity index is 1.84. The Morgan fingerprint density at radius 1 is 1.36 bits per heavy atom. The fourth-order valence-corrected chi connectivity index (χ4v) is 3.47. The summed E-state index contributed by atoms with van der Waals surface area (Å²) >= 11 is 0. The summed E-state index contributed by atoms with van der Waals surface area (Å²) in [6.45, 7) is 5.33. The maximum Gasteiger partial charge on any atom is 0.229 e. The molecule has 2 aromatic rings. The molecule has 0 saturated carbocycles. The van der Waals surface area contributed by atoms with Crippen molar-refractivity contribution in [2.24, 2.45) is 0 Å². The van der Waals surface area contributed by atoms with E-state index in [4.69, 9.17) is 10.2 Å². The average molecular weight is 378 g/mol. The van der Waals surface area contributed by atoms with Crippen LogP contribution in [0.5, 0.6) is 0 Å². The number of carbonyl (C=O) groups is 1. The van der Waals surface area contributed by atoms with Crippen molar-refractivity contribution >= 4 is 23.4 Å². The number of benzene rings is 1. The Labute approximate surface area is 165 Å². The number of carbonyl (C=O) groups excluding carboxylic acids is 1. The standard InChI is InChI=1S/C21H26N6O/c1-3-6-17-12-20(27-10-5-9-19(14-27)23-15(2)28)26-21(24-17)25-18-8-4-7-16(11-18)13-22/h4,7-8,11-12,19H,3,5-6,9-10,14H2,1-2H3,(H,23,28)(H,24,25,26)/t19-/m1/s1. The SMILES string of the molecule is CCCc1cc(N2CCC[C@@H](NC(C)=O)C2)nc(Nc2cccc(C#N)c2)n1. The second-order valence-electron chi connectivity index (χ2n) is 7.09. The highest BCUT2D eigenvalue weighted by molar-refractivity contribution is 5.73. The van der Waals surface area contributed by atoms with E-state index in [0.29, 0.717) is 11.5 Å². The first-order valence-corrected chi connectivity index (χ1v) is 9.74. The number of anilines is 3. The van der Waals surface area contributed by atoms with Gasteiger partial charge in [0.15, 0.2) is 0 Å². The molecule has 1 amide bonds. The van der Waals surface area contributed by atoms with Gasteiger partial charge in [0.25, 0.3) is 0 Å². The molecule has 1 aromatic heterocycles. The Kier molecular flexibility index (Phi) is 6.43. The minimum absolute atomic E-state index is 0.000870. The summed E-state index contributed by atoms with van der Waals surface area (Å²) in [6, 6.07) is 11.6. The summed E-state index contributed by atoms with van der Waals surface area (Å²) in [5.41, 5.74) is 2.35. The van der Waals surface area contributed by atoms with E-state index in [0.717, 1.165) is 56.0 Å². The van der Waals surface area contributed by atoms with Crippen LogP contribution < -0.4 is 15.5 Å². The molecule has 1 aromatic carbocycles. The molecule has 28 heavy (non-hydrogen) atoms. The minimum Gasteiger partial charge on any atom is -0.354 e. The van der Waals surface area contributed by atoms with Crippen molar-refractivity contribution in [1.29, 1.82) is 5.26 Å². The van der Waals surface area contributed by atoms with Crippen molar-refractivity contribution in [3.8, 4) is 6.07 Å². The fourth-order valence-electron chi connectivity index (χ4n) is 3.47. The highest BCUT2D eigenvalue weighted by atomic mass is 16.1. The maximum absolute atomic E-state index is 11.4. The van der Waals surface area contributed by atoms with Gasteiger partial charge >= 0.3 is 0 Å². The molecule has 0 spiro atoms. The molecule has 7 nitrogen and oxygen atoms in total. The van der Waals surface area contributed by atoms with Crippen molar-refractivity contribution in [2.75, 3.05) is 23.3 Å². The van der Waals surface area contributed by atoms with Crippen molar-refractivity contribution in [3.05, 3.63) is 41.6 Å². The number of hydrogen-bond acceptors (Lipinski definition) is 6. The van der Waals surface area contributed by atoms with Gasteiger partial charge in [0.2, 0.25) is 11.9 Å². The first kappa shape index (κ1) is 19.6. The lowest BCUT2D eigenvalue weighted by atomic mass is 10.1. The summed E-state index contributed by atoms with van der Waals surface area (Å²) in [7, 11) is 0. The molecule has 1 atom stereocenters. The van der Waals surface area contributed by atoms with E-state index < -0.39 is 0 Å². The van der Waals surface area contributed by atoms with Crippen molar-refractivity contribution in [3.63, 3.8) is 0 Å². The number of aromatic nitrogens is 2. The molecular formula is C21H26N6O. The van der Waals surface area contributed by atoms with E-state index in [9.17, 15) is 4.79 Å². The summed E-state index contributed by atoms with van der Waals surface area (Å²) in [6.07, 6.45) is 3.85. The Bertz CT molecular complexity index is 875. The van der Waals surface area contributed by atoms with Crippen molar-refractivity contribution < 1.29 is 4.79 Å². The van der Waals surface area contributed by atoms with E-state index in [1.165, 1.54) is 0 Å². The Morgan fingerprint density at radius 2 is 2.21 bits per heavy atom. The third-order valence-electron chi connectivity index (χ3n) is 4.67. The first-order chi connectivity index (χ1) is 13.6. The minimum atomic E-state index is 0.000870. The van der Waals surface area contributed by atoms with Crippen LogP contribution in [0.15, 0.2) is 30.3 Å². The van der Waals surface area contributed by atoms with Gasteiger partial charge in [-0.15, -0.1) is 0 Å². The molecule has 1 aliphatic rings. The van der Waals surface area contributed by atoms with E-state index in [-0.39, 0.29) is 11.9 Å². The maximum atomic E-state index is 11.4. The zero-order chi connectivity index (χ0) is 19.9. The van der Waals surface area contributed by atoms with Gasteiger partial charge in [-0.2, -0.15) is 10.2 Å². The largest absolute Gasteiger partial charge is 0.354 e. The number of amides is 1. The molecule has 3 rings (SSSR count). The Hall–Kier alpha value is -3.14. The number of aryl methyl sites for hydroxylation is 1. The molecule has 1 fully saturated rings. The lowest BCUT2D eigenvalue weighted by molar-refractivity contribution is -0.119. The van der Waals surface area contributed by atoms with E-state index in [2.05, 4.69) is 33.5 Å². The number of nitriles is 1. The predicted octanol–water partition coefficient (Wildman–Crippen LogP) is 3.15. The van der Waals surface area contributed by atoms with Gasteiger partial charge in [0.1, 0.15) is 5.82 Å². The van der Waals surface area contributed by atoms with Crippen molar-refractivity contribution in [2.45, 2.75) is 45.6 Å². The smallest absolute Gasteiger partial charge is 0.229 e. The number of rotatable bonds is 6. The lowest BCUT2D eigenvalue weighted by Crippen LogP contribution is -2.47. The van der Waals surface area contributed by atoms with E-state index >= 15 is 0 Å². The molecule has 1 saturated heterocycles. The van der Waals surface area contributed by atoms with Crippen LogP contribution >= 0.6 is 0 Å². The van der Waals surface area contributed by atoms with Gasteiger partial charge < -0.3 is 15.5 Å². The van der Waals surface area contributed by atoms with Crippen LogP contribution in [-0.2, 0) is 11.2 Å². The summed E-state index contributed by atoms with van der Waals surface area (Å²) in [4.78, 5) is 23.0. The Morgan fingerprint density at radius 3 is 2.96 bits per heavy atom. The quantitative estimate of drug-likeness (QED) is 0.802. The lowest BCUT2D eigenvalue weighted by Gasteiger charge is -2.34. The molecule has 0 aliphatic carbocycles. The number of piperidine rings is 1. The van der Waals surface area contributed by atoms with Crippen LogP contribution in [-0.4, -0.2) is 35.0 Å². The molecule has 0 unspecified atom stereocenters. The highest BCUT2D eigenvalue weighted by Gasteiger charge is 2.22.